The minimum absolute atomic E-state index is 0.120. The number of nitrogens with zero attached hydrogens (tertiary/aromatic N) is 4. The highest BCUT2D eigenvalue weighted by Crippen LogP contribution is 2.30. The maximum absolute atomic E-state index is 11.3. The molecule has 110 valence electrons. The quantitative estimate of drug-likeness (QED) is 0.701. The molecule has 1 N–H and O–H groups in total. The fourth-order valence-corrected chi connectivity index (χ4v) is 2.33. The number of fused-ring (bicyclic) bond motifs is 1. The molecule has 0 unspecified atom stereocenters. The summed E-state index contributed by atoms with van der Waals surface area (Å²) in [6, 6.07) is 9.93. The lowest BCUT2D eigenvalue weighted by atomic mass is 10.3. The molecule has 0 fully saturated rings. The summed E-state index contributed by atoms with van der Waals surface area (Å²) in [5, 5.41) is 18.0. The molecule has 0 radical (unpaired) electrons. The predicted molar refractivity (Wildman–Crippen MR) is 82.8 cm³/mol. The van der Waals surface area contributed by atoms with Crippen LogP contribution in [-0.4, -0.2) is 20.5 Å². The van der Waals surface area contributed by atoms with E-state index in [0.717, 1.165) is 0 Å². The SMILES string of the molecule is O=C(O)c1nc2ccccn2c1N=Nc1ccc(Cl)cc1Cl. The van der Waals surface area contributed by atoms with E-state index in [9.17, 15) is 9.90 Å². The first-order chi connectivity index (χ1) is 10.6. The number of benzene rings is 1. The third-order valence-corrected chi connectivity index (χ3v) is 3.41. The summed E-state index contributed by atoms with van der Waals surface area (Å²) in [6.45, 7) is 0. The molecule has 8 heteroatoms. The van der Waals surface area contributed by atoms with Crippen LogP contribution < -0.4 is 0 Å². The minimum atomic E-state index is -1.18. The second-order valence-electron chi connectivity index (χ2n) is 4.31. The van der Waals surface area contributed by atoms with Crippen LogP contribution in [0.4, 0.5) is 11.5 Å². The molecule has 0 aliphatic rings. The Balaban J connectivity index is 2.11. The largest absolute Gasteiger partial charge is 0.476 e. The predicted octanol–water partition coefficient (Wildman–Crippen LogP) is 4.75. The molecule has 0 amide bonds. The van der Waals surface area contributed by atoms with E-state index in [2.05, 4.69) is 15.2 Å². The number of aromatic carboxylic acids is 1. The Morgan fingerprint density at radius 3 is 2.73 bits per heavy atom. The molecule has 0 aliphatic heterocycles. The van der Waals surface area contributed by atoms with Gasteiger partial charge in [-0.25, -0.2) is 9.78 Å². The summed E-state index contributed by atoms with van der Waals surface area (Å²) < 4.78 is 1.54. The Labute approximate surface area is 134 Å². The molecule has 0 atom stereocenters. The van der Waals surface area contributed by atoms with E-state index >= 15 is 0 Å². The zero-order chi connectivity index (χ0) is 15.7. The first-order valence-electron chi connectivity index (χ1n) is 6.13. The van der Waals surface area contributed by atoms with Crippen LogP contribution in [0.1, 0.15) is 10.5 Å². The van der Waals surface area contributed by atoms with E-state index in [1.807, 2.05) is 0 Å². The van der Waals surface area contributed by atoms with E-state index in [1.165, 1.54) is 10.5 Å². The van der Waals surface area contributed by atoms with Gasteiger partial charge in [-0.2, -0.15) is 0 Å². The lowest BCUT2D eigenvalue weighted by Gasteiger charge is -1.98. The van der Waals surface area contributed by atoms with Gasteiger partial charge in [-0.05, 0) is 30.3 Å². The smallest absolute Gasteiger partial charge is 0.358 e. The monoisotopic (exact) mass is 334 g/mol. The lowest BCUT2D eigenvalue weighted by molar-refractivity contribution is 0.0692. The number of hydrogen-bond acceptors (Lipinski definition) is 4. The van der Waals surface area contributed by atoms with Gasteiger partial charge in [-0.15, -0.1) is 10.2 Å². The number of rotatable bonds is 3. The molecule has 0 spiro atoms. The van der Waals surface area contributed by atoms with Crippen molar-refractivity contribution in [3.63, 3.8) is 0 Å². The van der Waals surface area contributed by atoms with Crippen molar-refractivity contribution in [2.75, 3.05) is 0 Å². The Bertz CT molecular complexity index is 905. The van der Waals surface area contributed by atoms with Crippen LogP contribution in [0.5, 0.6) is 0 Å². The highest BCUT2D eigenvalue weighted by Gasteiger charge is 2.18. The molecule has 0 aliphatic carbocycles. The number of aromatic nitrogens is 2. The Morgan fingerprint density at radius 2 is 2.00 bits per heavy atom. The molecule has 0 saturated heterocycles. The maximum atomic E-state index is 11.3. The Morgan fingerprint density at radius 1 is 1.18 bits per heavy atom. The van der Waals surface area contributed by atoms with Crippen LogP contribution in [0.3, 0.4) is 0 Å². The van der Waals surface area contributed by atoms with Gasteiger partial charge in [0.2, 0.25) is 0 Å². The molecule has 22 heavy (non-hydrogen) atoms. The summed E-state index contributed by atoms with van der Waals surface area (Å²) in [4.78, 5) is 15.3. The van der Waals surface area contributed by atoms with E-state index in [-0.39, 0.29) is 11.5 Å². The number of imidazole rings is 1. The van der Waals surface area contributed by atoms with Gasteiger partial charge in [-0.1, -0.05) is 29.3 Å². The van der Waals surface area contributed by atoms with Crippen LogP contribution >= 0.6 is 23.2 Å². The molecular weight excluding hydrogens is 327 g/mol. The molecule has 3 rings (SSSR count). The third kappa shape index (κ3) is 2.66. The van der Waals surface area contributed by atoms with Crippen molar-refractivity contribution in [1.29, 1.82) is 0 Å². The Kier molecular flexibility index (Phi) is 3.79. The summed E-state index contributed by atoms with van der Waals surface area (Å²) in [5.41, 5.74) is 0.671. The third-order valence-electron chi connectivity index (χ3n) is 2.87. The van der Waals surface area contributed by atoms with E-state index in [0.29, 0.717) is 21.4 Å². The number of carbonyl (C=O) groups is 1. The van der Waals surface area contributed by atoms with Crippen molar-refractivity contribution >= 4 is 46.3 Å². The van der Waals surface area contributed by atoms with Gasteiger partial charge < -0.3 is 5.11 Å². The molecule has 2 aromatic heterocycles. The summed E-state index contributed by atoms with van der Waals surface area (Å²) >= 11 is 11.8. The standard InChI is InChI=1S/C14H8Cl2N4O2/c15-8-4-5-10(9(16)7-8)18-19-13-12(14(21)22)17-11-3-1-2-6-20(11)13/h1-7H,(H,21,22). The first kappa shape index (κ1) is 14.5. The van der Waals surface area contributed by atoms with Crippen molar-refractivity contribution in [1.82, 2.24) is 9.38 Å². The number of pyridine rings is 1. The van der Waals surface area contributed by atoms with Crippen LogP contribution in [0.2, 0.25) is 10.0 Å². The number of carboxylic acids is 1. The van der Waals surface area contributed by atoms with Crippen molar-refractivity contribution in [2.24, 2.45) is 10.2 Å². The highest BCUT2D eigenvalue weighted by atomic mass is 35.5. The van der Waals surface area contributed by atoms with E-state index in [1.54, 1.807) is 36.5 Å². The number of azo groups is 1. The van der Waals surface area contributed by atoms with E-state index < -0.39 is 5.97 Å². The summed E-state index contributed by atoms with van der Waals surface area (Å²) in [6.07, 6.45) is 1.66. The average molecular weight is 335 g/mol. The molecule has 0 bridgehead atoms. The van der Waals surface area contributed by atoms with E-state index in [4.69, 9.17) is 23.2 Å². The van der Waals surface area contributed by atoms with Crippen molar-refractivity contribution in [3.05, 3.63) is 58.3 Å². The molecule has 2 heterocycles. The van der Waals surface area contributed by atoms with Crippen molar-refractivity contribution < 1.29 is 9.90 Å². The van der Waals surface area contributed by atoms with Crippen LogP contribution in [-0.2, 0) is 0 Å². The lowest BCUT2D eigenvalue weighted by Crippen LogP contribution is -1.96. The summed E-state index contributed by atoms with van der Waals surface area (Å²) in [7, 11) is 0. The van der Waals surface area contributed by atoms with Crippen LogP contribution in [0, 0.1) is 0 Å². The zero-order valence-corrected chi connectivity index (χ0v) is 12.5. The van der Waals surface area contributed by atoms with Gasteiger partial charge in [0.25, 0.3) is 0 Å². The first-order valence-corrected chi connectivity index (χ1v) is 6.89. The highest BCUT2D eigenvalue weighted by molar-refractivity contribution is 6.36. The van der Waals surface area contributed by atoms with Gasteiger partial charge in [-0.3, -0.25) is 4.40 Å². The second-order valence-corrected chi connectivity index (χ2v) is 5.16. The molecular formula is C14H8Cl2N4O2. The van der Waals surface area contributed by atoms with Gasteiger partial charge in [0.15, 0.2) is 11.5 Å². The second kappa shape index (κ2) is 5.75. The molecule has 0 saturated carbocycles. The Hall–Kier alpha value is -2.44. The van der Waals surface area contributed by atoms with Gasteiger partial charge in [0.05, 0.1) is 5.02 Å². The van der Waals surface area contributed by atoms with Crippen LogP contribution in [0.25, 0.3) is 5.65 Å². The van der Waals surface area contributed by atoms with Gasteiger partial charge >= 0.3 is 5.97 Å². The zero-order valence-electron chi connectivity index (χ0n) is 10.9. The maximum Gasteiger partial charge on any atom is 0.358 e. The van der Waals surface area contributed by atoms with Crippen molar-refractivity contribution in [2.45, 2.75) is 0 Å². The molecule has 6 nitrogen and oxygen atoms in total. The molecule has 1 aromatic carbocycles. The fraction of sp³-hybridized carbons (Fsp3) is 0. The van der Waals surface area contributed by atoms with Gasteiger partial charge in [0, 0.05) is 11.2 Å². The summed E-state index contributed by atoms with van der Waals surface area (Å²) in [5.74, 6) is -1.06. The normalized spacial score (nSPS) is 11.4. The topological polar surface area (TPSA) is 79.3 Å². The number of hydrogen-bond donors (Lipinski definition) is 1. The number of halogens is 2. The number of carboxylic acid groups (broad SMARTS) is 1. The van der Waals surface area contributed by atoms with Crippen LogP contribution in [0.15, 0.2) is 52.8 Å². The minimum Gasteiger partial charge on any atom is -0.476 e. The van der Waals surface area contributed by atoms with Crippen molar-refractivity contribution in [3.8, 4) is 0 Å². The average Bonchev–Trinajstić information content (AvgIpc) is 2.85. The molecule has 3 aromatic rings. The fourth-order valence-electron chi connectivity index (χ4n) is 1.89. The van der Waals surface area contributed by atoms with Gasteiger partial charge in [0.1, 0.15) is 11.3 Å².